The highest BCUT2D eigenvalue weighted by atomic mass is 127. The number of halogens is 1. The smallest absolute Gasteiger partial charge is 0.220 e. The Morgan fingerprint density at radius 3 is 2.52 bits per heavy atom. The van der Waals surface area contributed by atoms with E-state index in [4.69, 9.17) is 11.5 Å². The van der Waals surface area contributed by atoms with E-state index in [0.717, 1.165) is 64.8 Å². The van der Waals surface area contributed by atoms with Crippen molar-refractivity contribution in [1.29, 1.82) is 0 Å². The molecule has 0 unspecified atom stereocenters. The molecule has 0 atom stereocenters. The van der Waals surface area contributed by atoms with E-state index in [9.17, 15) is 4.79 Å². The van der Waals surface area contributed by atoms with Gasteiger partial charge in [0.1, 0.15) is 0 Å². The molecule has 0 bridgehead atoms. The van der Waals surface area contributed by atoms with E-state index < -0.39 is 0 Å². The molecular formula is C14H30IN5O. The zero-order chi connectivity index (χ0) is 14.8. The van der Waals surface area contributed by atoms with Gasteiger partial charge in [-0.3, -0.25) is 9.79 Å². The van der Waals surface area contributed by atoms with Crippen LogP contribution in [0.1, 0.15) is 39.0 Å². The van der Waals surface area contributed by atoms with Gasteiger partial charge in [-0.15, -0.1) is 24.0 Å². The molecule has 0 aliphatic carbocycles. The van der Waals surface area contributed by atoms with Gasteiger partial charge in [0.2, 0.25) is 5.91 Å². The number of piperidine rings is 1. The SMILES string of the molecule is CCCN=C(N)NCCCCN1CCC(C(N)=O)CC1.I. The maximum Gasteiger partial charge on any atom is 0.220 e. The number of guanidine groups is 1. The van der Waals surface area contributed by atoms with Gasteiger partial charge in [-0.25, -0.2) is 0 Å². The number of unbranched alkanes of at least 4 members (excludes halogenated alkanes) is 1. The van der Waals surface area contributed by atoms with Gasteiger partial charge in [0.05, 0.1) is 0 Å². The normalized spacial score (nSPS) is 17.3. The summed E-state index contributed by atoms with van der Waals surface area (Å²) < 4.78 is 0. The molecule has 1 aliphatic rings. The number of primary amides is 1. The number of rotatable bonds is 8. The molecule has 21 heavy (non-hydrogen) atoms. The van der Waals surface area contributed by atoms with Crippen molar-refractivity contribution in [3.63, 3.8) is 0 Å². The van der Waals surface area contributed by atoms with E-state index in [2.05, 4.69) is 22.1 Å². The Bertz CT molecular complexity index is 316. The molecule has 0 aromatic rings. The second-order valence-corrected chi connectivity index (χ2v) is 5.42. The molecule has 0 radical (unpaired) electrons. The van der Waals surface area contributed by atoms with Crippen LogP contribution in [-0.4, -0.2) is 49.5 Å². The van der Waals surface area contributed by atoms with Crippen LogP contribution in [0.15, 0.2) is 4.99 Å². The Kier molecular flexibility index (Phi) is 11.7. The molecule has 1 heterocycles. The average Bonchev–Trinajstić information content (AvgIpc) is 2.45. The number of hydrogen-bond acceptors (Lipinski definition) is 3. The number of aliphatic imine (C=N–C) groups is 1. The van der Waals surface area contributed by atoms with Crippen molar-refractivity contribution in [2.45, 2.75) is 39.0 Å². The van der Waals surface area contributed by atoms with Crippen molar-refractivity contribution in [3.05, 3.63) is 0 Å². The summed E-state index contributed by atoms with van der Waals surface area (Å²) in [6.07, 6.45) is 5.05. The summed E-state index contributed by atoms with van der Waals surface area (Å²) in [5.74, 6) is 0.493. The van der Waals surface area contributed by atoms with Crippen LogP contribution in [0.5, 0.6) is 0 Å². The third kappa shape index (κ3) is 9.13. The zero-order valence-corrected chi connectivity index (χ0v) is 15.3. The first kappa shape index (κ1) is 20.4. The Morgan fingerprint density at radius 1 is 1.29 bits per heavy atom. The predicted molar refractivity (Wildman–Crippen MR) is 97.8 cm³/mol. The number of likely N-dealkylation sites (tertiary alicyclic amines) is 1. The van der Waals surface area contributed by atoms with Gasteiger partial charge in [-0.05, 0) is 51.7 Å². The highest BCUT2D eigenvalue weighted by Gasteiger charge is 2.22. The molecule has 0 spiro atoms. The first-order valence-electron chi connectivity index (χ1n) is 7.69. The van der Waals surface area contributed by atoms with E-state index in [-0.39, 0.29) is 35.8 Å². The second-order valence-electron chi connectivity index (χ2n) is 5.42. The standard InChI is InChI=1S/C14H29N5O.HI/c1-2-7-17-14(16)18-8-3-4-9-19-10-5-12(6-11-19)13(15)20;/h12H,2-11H2,1H3,(H2,15,20)(H3,16,17,18);1H. The highest BCUT2D eigenvalue weighted by molar-refractivity contribution is 14.0. The summed E-state index contributed by atoms with van der Waals surface area (Å²) >= 11 is 0. The second kappa shape index (κ2) is 12.0. The number of carbonyl (C=O) groups is 1. The van der Waals surface area contributed by atoms with Crippen molar-refractivity contribution in [3.8, 4) is 0 Å². The number of nitrogens with two attached hydrogens (primary N) is 2. The summed E-state index contributed by atoms with van der Waals surface area (Å²) in [4.78, 5) is 17.7. The van der Waals surface area contributed by atoms with E-state index in [1.165, 1.54) is 0 Å². The Hall–Kier alpha value is -0.570. The largest absolute Gasteiger partial charge is 0.370 e. The van der Waals surface area contributed by atoms with Crippen LogP contribution in [0.25, 0.3) is 0 Å². The molecule has 1 saturated heterocycles. The Balaban J connectivity index is 0.00000400. The molecule has 1 amide bonds. The van der Waals surface area contributed by atoms with E-state index in [1.807, 2.05) is 0 Å². The zero-order valence-electron chi connectivity index (χ0n) is 13.0. The fourth-order valence-electron chi connectivity index (χ4n) is 2.41. The summed E-state index contributed by atoms with van der Waals surface area (Å²) in [5.41, 5.74) is 11.0. The molecule has 7 heteroatoms. The average molecular weight is 411 g/mol. The van der Waals surface area contributed by atoms with Crippen LogP contribution in [0.2, 0.25) is 0 Å². The lowest BCUT2D eigenvalue weighted by molar-refractivity contribution is -0.123. The number of carbonyl (C=O) groups excluding carboxylic acids is 1. The van der Waals surface area contributed by atoms with Crippen LogP contribution >= 0.6 is 24.0 Å². The first-order valence-corrected chi connectivity index (χ1v) is 7.69. The van der Waals surface area contributed by atoms with E-state index in [0.29, 0.717) is 5.96 Å². The van der Waals surface area contributed by atoms with Crippen molar-refractivity contribution >= 4 is 35.8 Å². The molecule has 1 aliphatic heterocycles. The van der Waals surface area contributed by atoms with Crippen molar-refractivity contribution in [2.75, 3.05) is 32.7 Å². The monoisotopic (exact) mass is 411 g/mol. The first-order chi connectivity index (χ1) is 9.63. The molecule has 0 aromatic carbocycles. The van der Waals surface area contributed by atoms with Crippen molar-refractivity contribution in [2.24, 2.45) is 22.4 Å². The molecule has 1 fully saturated rings. The third-order valence-electron chi connectivity index (χ3n) is 3.70. The number of amides is 1. The molecule has 6 nitrogen and oxygen atoms in total. The molecule has 5 N–H and O–H groups in total. The molecule has 124 valence electrons. The van der Waals surface area contributed by atoms with Crippen LogP contribution in [0.4, 0.5) is 0 Å². The topological polar surface area (TPSA) is 96.7 Å². The third-order valence-corrected chi connectivity index (χ3v) is 3.70. The summed E-state index contributed by atoms with van der Waals surface area (Å²) in [6.45, 7) is 6.80. The van der Waals surface area contributed by atoms with Gasteiger partial charge in [0.15, 0.2) is 5.96 Å². The van der Waals surface area contributed by atoms with Crippen LogP contribution < -0.4 is 16.8 Å². The maximum absolute atomic E-state index is 11.1. The lowest BCUT2D eigenvalue weighted by Crippen LogP contribution is -2.39. The highest BCUT2D eigenvalue weighted by Crippen LogP contribution is 2.16. The fraction of sp³-hybridized carbons (Fsp3) is 0.857. The minimum absolute atomic E-state index is 0. The minimum atomic E-state index is -0.143. The number of hydrogen-bond donors (Lipinski definition) is 3. The van der Waals surface area contributed by atoms with Gasteiger partial charge in [-0.1, -0.05) is 6.92 Å². The quantitative estimate of drug-likeness (QED) is 0.239. The Morgan fingerprint density at radius 2 is 1.95 bits per heavy atom. The molecular weight excluding hydrogens is 381 g/mol. The van der Waals surface area contributed by atoms with E-state index >= 15 is 0 Å². The fourth-order valence-corrected chi connectivity index (χ4v) is 2.41. The van der Waals surface area contributed by atoms with Crippen LogP contribution in [-0.2, 0) is 4.79 Å². The van der Waals surface area contributed by atoms with Gasteiger partial charge in [0, 0.05) is 19.0 Å². The molecule has 1 rings (SSSR count). The van der Waals surface area contributed by atoms with E-state index in [1.54, 1.807) is 0 Å². The lowest BCUT2D eigenvalue weighted by atomic mass is 9.96. The van der Waals surface area contributed by atoms with Crippen molar-refractivity contribution in [1.82, 2.24) is 10.2 Å². The molecule has 0 saturated carbocycles. The van der Waals surface area contributed by atoms with Gasteiger partial charge in [0.25, 0.3) is 0 Å². The predicted octanol–water partition coefficient (Wildman–Crippen LogP) is 0.896. The van der Waals surface area contributed by atoms with Gasteiger partial charge < -0.3 is 21.7 Å². The van der Waals surface area contributed by atoms with Crippen LogP contribution in [0, 0.1) is 5.92 Å². The minimum Gasteiger partial charge on any atom is -0.370 e. The van der Waals surface area contributed by atoms with Crippen LogP contribution in [0.3, 0.4) is 0 Å². The van der Waals surface area contributed by atoms with Gasteiger partial charge >= 0.3 is 0 Å². The summed E-state index contributed by atoms with van der Waals surface area (Å²) in [6, 6.07) is 0. The maximum atomic E-state index is 11.1. The van der Waals surface area contributed by atoms with Gasteiger partial charge in [-0.2, -0.15) is 0 Å². The Labute approximate surface area is 145 Å². The van der Waals surface area contributed by atoms with Crippen molar-refractivity contribution < 1.29 is 4.79 Å². The summed E-state index contributed by atoms with van der Waals surface area (Å²) in [5, 5.41) is 3.13. The number of nitrogens with one attached hydrogen (secondary N) is 1. The number of nitrogens with zero attached hydrogens (tertiary/aromatic N) is 2. The molecule has 0 aromatic heterocycles. The summed E-state index contributed by atoms with van der Waals surface area (Å²) in [7, 11) is 0. The lowest BCUT2D eigenvalue weighted by Gasteiger charge is -2.30.